The molecule has 3 aromatic rings. The summed E-state index contributed by atoms with van der Waals surface area (Å²) in [4.78, 5) is 24.8. The van der Waals surface area contributed by atoms with E-state index >= 15 is 0 Å². The molecule has 172 valence electrons. The molecule has 0 saturated carbocycles. The Bertz CT molecular complexity index is 1060. The van der Waals surface area contributed by atoms with Gasteiger partial charge in [0.25, 0.3) is 0 Å². The molecule has 3 rings (SSSR count). The second-order valence-corrected chi connectivity index (χ2v) is 8.67. The van der Waals surface area contributed by atoms with E-state index in [1.807, 2.05) is 52.0 Å². The van der Waals surface area contributed by atoms with E-state index in [0.717, 1.165) is 17.7 Å². The van der Waals surface area contributed by atoms with E-state index in [1.165, 1.54) is 5.56 Å². The summed E-state index contributed by atoms with van der Waals surface area (Å²) in [7, 11) is 0. The van der Waals surface area contributed by atoms with Crippen LogP contribution in [0.25, 0.3) is 0 Å². The molecule has 4 nitrogen and oxygen atoms in total. The van der Waals surface area contributed by atoms with Gasteiger partial charge in [0.15, 0.2) is 5.78 Å². The first-order valence-corrected chi connectivity index (χ1v) is 11.5. The molecule has 0 radical (unpaired) electrons. The highest BCUT2D eigenvalue weighted by molar-refractivity contribution is 5.99. The Hall–Kier alpha value is -3.40. The number of Topliss-reactive ketones (excluding diaryl/α,β-unsaturated/α-hetero) is 1. The first-order chi connectivity index (χ1) is 15.8. The minimum Gasteiger partial charge on any atom is -0.491 e. The lowest BCUT2D eigenvalue weighted by atomic mass is 9.93. The van der Waals surface area contributed by atoms with Gasteiger partial charge >= 0.3 is 5.97 Å². The molecule has 4 heteroatoms. The highest BCUT2D eigenvalue weighted by atomic mass is 16.5. The van der Waals surface area contributed by atoms with Crippen molar-refractivity contribution in [1.82, 2.24) is 0 Å². The van der Waals surface area contributed by atoms with Crippen molar-refractivity contribution in [3.8, 4) is 11.5 Å². The molecule has 0 aliphatic rings. The minimum atomic E-state index is -0.445. The number of carbonyl (C=O) groups is 2. The van der Waals surface area contributed by atoms with Gasteiger partial charge in [-0.25, -0.2) is 4.79 Å². The van der Waals surface area contributed by atoms with E-state index in [1.54, 1.807) is 36.4 Å². The fourth-order valence-electron chi connectivity index (χ4n) is 3.53. The summed E-state index contributed by atoms with van der Waals surface area (Å²) in [5, 5.41) is 0. The number of carbonyl (C=O) groups excluding carboxylic acids is 2. The van der Waals surface area contributed by atoms with Crippen LogP contribution in [0.3, 0.4) is 0 Å². The zero-order valence-corrected chi connectivity index (χ0v) is 20.0. The van der Waals surface area contributed by atoms with Crippen molar-refractivity contribution >= 4 is 11.8 Å². The minimum absolute atomic E-state index is 0.0324. The highest BCUT2D eigenvalue weighted by Gasteiger charge is 2.15. The average molecular weight is 445 g/mol. The van der Waals surface area contributed by atoms with E-state index in [-0.39, 0.29) is 23.7 Å². The van der Waals surface area contributed by atoms with Gasteiger partial charge in [-0.15, -0.1) is 0 Å². The number of ether oxygens (including phenoxy) is 2. The Morgan fingerprint density at radius 1 is 0.697 bits per heavy atom. The Balaban J connectivity index is 1.63. The van der Waals surface area contributed by atoms with E-state index in [0.29, 0.717) is 16.9 Å². The fraction of sp³-hybridized carbons (Fsp3) is 0.310. The van der Waals surface area contributed by atoms with Crippen LogP contribution in [0.2, 0.25) is 0 Å². The van der Waals surface area contributed by atoms with Crippen LogP contribution in [-0.2, 0) is 0 Å². The maximum Gasteiger partial charge on any atom is 0.343 e. The molecule has 0 aliphatic carbocycles. The predicted molar refractivity (Wildman–Crippen MR) is 131 cm³/mol. The molecule has 0 amide bonds. The van der Waals surface area contributed by atoms with E-state index in [4.69, 9.17) is 9.47 Å². The van der Waals surface area contributed by atoms with Gasteiger partial charge in [-0.3, -0.25) is 4.79 Å². The van der Waals surface area contributed by atoms with Gasteiger partial charge in [-0.1, -0.05) is 57.2 Å². The smallest absolute Gasteiger partial charge is 0.343 e. The van der Waals surface area contributed by atoms with Crippen molar-refractivity contribution < 1.29 is 19.1 Å². The highest BCUT2D eigenvalue weighted by Crippen LogP contribution is 2.28. The molecule has 0 N–H and O–H groups in total. The molecule has 33 heavy (non-hydrogen) atoms. The van der Waals surface area contributed by atoms with Crippen molar-refractivity contribution in [2.45, 2.75) is 53.1 Å². The van der Waals surface area contributed by atoms with Crippen LogP contribution in [0.1, 0.15) is 78.8 Å². The molecule has 0 spiro atoms. The summed E-state index contributed by atoms with van der Waals surface area (Å²) in [5.74, 6) is 1.15. The molecule has 0 saturated heterocycles. The topological polar surface area (TPSA) is 52.6 Å². The van der Waals surface area contributed by atoms with Gasteiger partial charge in [0.1, 0.15) is 11.5 Å². The zero-order chi connectivity index (χ0) is 24.0. The summed E-state index contributed by atoms with van der Waals surface area (Å²) in [6.07, 6.45) is 0.934. The lowest BCUT2D eigenvalue weighted by Gasteiger charge is -2.15. The fourth-order valence-corrected chi connectivity index (χ4v) is 3.53. The maximum absolute atomic E-state index is 12.5. The SMILES string of the molecule is CCC(C)C(=O)c1ccc(C(=O)Oc2ccc(C(C)c3ccc(OC(C)C)cc3)cc2)cc1. The molecule has 0 aliphatic heterocycles. The van der Waals surface area contributed by atoms with Crippen LogP contribution in [0, 0.1) is 5.92 Å². The monoisotopic (exact) mass is 444 g/mol. The first-order valence-electron chi connectivity index (χ1n) is 11.5. The largest absolute Gasteiger partial charge is 0.491 e. The number of esters is 1. The number of ketones is 1. The van der Waals surface area contributed by atoms with Crippen LogP contribution < -0.4 is 9.47 Å². The van der Waals surface area contributed by atoms with Crippen LogP contribution in [0.5, 0.6) is 11.5 Å². The Kier molecular flexibility index (Phi) is 8.05. The summed E-state index contributed by atoms with van der Waals surface area (Å²) < 4.78 is 11.2. The van der Waals surface area contributed by atoms with E-state index < -0.39 is 5.97 Å². The third kappa shape index (κ3) is 6.32. The summed E-state index contributed by atoms with van der Waals surface area (Å²) in [6, 6.07) is 22.3. The third-order valence-corrected chi connectivity index (χ3v) is 5.81. The van der Waals surface area contributed by atoms with E-state index in [2.05, 4.69) is 19.1 Å². The second kappa shape index (κ2) is 11.0. The second-order valence-electron chi connectivity index (χ2n) is 8.67. The Morgan fingerprint density at radius 2 is 1.18 bits per heavy atom. The lowest BCUT2D eigenvalue weighted by molar-refractivity contribution is 0.0734. The average Bonchev–Trinajstić information content (AvgIpc) is 2.83. The normalized spacial score (nSPS) is 12.8. The molecule has 2 unspecified atom stereocenters. The van der Waals surface area contributed by atoms with Gasteiger partial charge in [-0.2, -0.15) is 0 Å². The van der Waals surface area contributed by atoms with Crippen molar-refractivity contribution in [2.75, 3.05) is 0 Å². The Morgan fingerprint density at radius 3 is 1.67 bits per heavy atom. The van der Waals surface area contributed by atoms with Gasteiger partial charge in [0.05, 0.1) is 11.7 Å². The van der Waals surface area contributed by atoms with Crippen LogP contribution >= 0.6 is 0 Å². The van der Waals surface area contributed by atoms with Crippen LogP contribution in [-0.4, -0.2) is 17.9 Å². The molecule has 3 aromatic carbocycles. The number of rotatable bonds is 9. The predicted octanol–water partition coefficient (Wildman–Crippen LogP) is 7.07. The summed E-state index contributed by atoms with van der Waals surface area (Å²) >= 11 is 0. The number of benzene rings is 3. The van der Waals surface area contributed by atoms with Crippen molar-refractivity contribution in [2.24, 2.45) is 5.92 Å². The van der Waals surface area contributed by atoms with Gasteiger partial charge in [0.2, 0.25) is 0 Å². The van der Waals surface area contributed by atoms with Gasteiger partial charge in [-0.05, 0) is 67.8 Å². The maximum atomic E-state index is 12.5. The van der Waals surface area contributed by atoms with Crippen LogP contribution in [0.15, 0.2) is 72.8 Å². The molecule has 2 atom stereocenters. The van der Waals surface area contributed by atoms with Gasteiger partial charge in [0, 0.05) is 17.4 Å². The molecule has 0 fully saturated rings. The third-order valence-electron chi connectivity index (χ3n) is 5.81. The van der Waals surface area contributed by atoms with Crippen molar-refractivity contribution in [3.05, 3.63) is 95.1 Å². The standard InChI is InChI=1S/C29H32O4/c1-6-20(4)28(30)24-7-9-25(10-8-24)29(31)33-27-17-13-23(14-18-27)21(5)22-11-15-26(16-12-22)32-19(2)3/h7-21H,6H2,1-5H3. The zero-order valence-electron chi connectivity index (χ0n) is 20.0. The van der Waals surface area contributed by atoms with Crippen LogP contribution in [0.4, 0.5) is 0 Å². The van der Waals surface area contributed by atoms with E-state index in [9.17, 15) is 9.59 Å². The quantitative estimate of drug-likeness (QED) is 0.201. The summed E-state index contributed by atoms with van der Waals surface area (Å²) in [5.41, 5.74) is 3.34. The number of hydrogen-bond donors (Lipinski definition) is 0. The molecular formula is C29H32O4. The van der Waals surface area contributed by atoms with Crippen molar-refractivity contribution in [1.29, 1.82) is 0 Å². The molecule has 0 heterocycles. The summed E-state index contributed by atoms with van der Waals surface area (Å²) in [6.45, 7) is 10.1. The molecule has 0 aromatic heterocycles. The molecular weight excluding hydrogens is 412 g/mol. The van der Waals surface area contributed by atoms with Crippen molar-refractivity contribution in [3.63, 3.8) is 0 Å². The lowest BCUT2D eigenvalue weighted by Crippen LogP contribution is -2.12. The Labute approximate surface area is 196 Å². The molecule has 0 bridgehead atoms. The number of hydrogen-bond acceptors (Lipinski definition) is 4. The van der Waals surface area contributed by atoms with Gasteiger partial charge < -0.3 is 9.47 Å². The first kappa shape index (κ1) is 24.2.